The Morgan fingerprint density at radius 2 is 1.79 bits per heavy atom. The third kappa shape index (κ3) is 2.56. The summed E-state index contributed by atoms with van der Waals surface area (Å²) in [6, 6.07) is 0. The maximum Gasteiger partial charge on any atom is 0.319 e. The Morgan fingerprint density at radius 3 is 2.07 bits per heavy atom. The van der Waals surface area contributed by atoms with Crippen LogP contribution in [0.4, 0.5) is 0 Å². The molecule has 0 rings (SSSR count). The van der Waals surface area contributed by atoms with Crippen molar-refractivity contribution in [1.29, 1.82) is 0 Å². The van der Waals surface area contributed by atoms with E-state index in [9.17, 15) is 9.59 Å². The third-order valence-corrected chi connectivity index (χ3v) is 2.62. The molecule has 0 aliphatic carbocycles. The van der Waals surface area contributed by atoms with Crippen LogP contribution >= 0.6 is 0 Å². The fourth-order valence-corrected chi connectivity index (χ4v) is 1.69. The summed E-state index contributed by atoms with van der Waals surface area (Å²) >= 11 is 0. The predicted octanol–water partition coefficient (Wildman–Crippen LogP) is 2.33. The molecule has 14 heavy (non-hydrogen) atoms. The van der Waals surface area contributed by atoms with Crippen molar-refractivity contribution in [2.24, 2.45) is 5.41 Å². The number of ether oxygens (including phenoxy) is 1. The molecule has 0 fully saturated rings. The van der Waals surface area contributed by atoms with Crippen LogP contribution in [0.2, 0.25) is 0 Å². The molecule has 0 aliphatic rings. The molecular formula is C11H20O3. The second-order valence-corrected chi connectivity index (χ2v) is 3.46. The summed E-state index contributed by atoms with van der Waals surface area (Å²) in [5.41, 5.74) is -0.898. The number of ketones is 1. The van der Waals surface area contributed by atoms with E-state index in [1.807, 2.05) is 13.8 Å². The van der Waals surface area contributed by atoms with Gasteiger partial charge in [0, 0.05) is 0 Å². The molecule has 1 atom stereocenters. The van der Waals surface area contributed by atoms with E-state index in [4.69, 9.17) is 4.74 Å². The van der Waals surface area contributed by atoms with Crippen LogP contribution in [0, 0.1) is 5.41 Å². The van der Waals surface area contributed by atoms with Crippen LogP contribution in [-0.2, 0) is 14.3 Å². The average Bonchev–Trinajstić information content (AvgIpc) is 2.14. The largest absolute Gasteiger partial charge is 0.465 e. The highest BCUT2D eigenvalue weighted by Gasteiger charge is 2.41. The van der Waals surface area contributed by atoms with E-state index in [0.29, 0.717) is 19.4 Å². The summed E-state index contributed by atoms with van der Waals surface area (Å²) in [5, 5.41) is 0. The number of carbonyl (C=O) groups is 2. The Kier molecular flexibility index (Phi) is 5.43. The molecule has 82 valence electrons. The van der Waals surface area contributed by atoms with Crippen molar-refractivity contribution < 1.29 is 14.3 Å². The quantitative estimate of drug-likeness (QED) is 0.488. The minimum atomic E-state index is -0.898. The first kappa shape index (κ1) is 13.1. The van der Waals surface area contributed by atoms with E-state index >= 15 is 0 Å². The first-order valence-electron chi connectivity index (χ1n) is 5.23. The molecule has 0 N–H and O–H groups in total. The second kappa shape index (κ2) is 5.78. The highest BCUT2D eigenvalue weighted by Crippen LogP contribution is 2.30. The van der Waals surface area contributed by atoms with Crippen LogP contribution in [0.1, 0.15) is 47.0 Å². The normalized spacial score (nSPS) is 14.6. The van der Waals surface area contributed by atoms with E-state index in [1.165, 1.54) is 6.92 Å². The van der Waals surface area contributed by atoms with Gasteiger partial charge in [-0.15, -0.1) is 0 Å². The Hall–Kier alpha value is -0.860. The van der Waals surface area contributed by atoms with Gasteiger partial charge in [-0.2, -0.15) is 0 Å². The van der Waals surface area contributed by atoms with Crippen LogP contribution in [-0.4, -0.2) is 18.4 Å². The van der Waals surface area contributed by atoms with E-state index in [1.54, 1.807) is 6.92 Å². The molecule has 0 aromatic heterocycles. The Morgan fingerprint density at radius 1 is 1.21 bits per heavy atom. The van der Waals surface area contributed by atoms with E-state index in [2.05, 4.69) is 0 Å². The lowest BCUT2D eigenvalue weighted by Gasteiger charge is -2.26. The second-order valence-electron chi connectivity index (χ2n) is 3.46. The van der Waals surface area contributed by atoms with Gasteiger partial charge in [0.2, 0.25) is 0 Å². The van der Waals surface area contributed by atoms with E-state index in [-0.39, 0.29) is 11.8 Å². The van der Waals surface area contributed by atoms with Gasteiger partial charge in [0.1, 0.15) is 11.2 Å². The lowest BCUT2D eigenvalue weighted by Crippen LogP contribution is -2.38. The molecule has 0 bridgehead atoms. The molecule has 1 unspecified atom stereocenters. The number of rotatable bonds is 6. The fraction of sp³-hybridized carbons (Fsp3) is 0.818. The van der Waals surface area contributed by atoms with Crippen molar-refractivity contribution in [2.75, 3.05) is 6.61 Å². The van der Waals surface area contributed by atoms with Gasteiger partial charge in [-0.3, -0.25) is 9.59 Å². The fourth-order valence-electron chi connectivity index (χ4n) is 1.69. The van der Waals surface area contributed by atoms with Crippen molar-refractivity contribution in [3.63, 3.8) is 0 Å². The monoisotopic (exact) mass is 200 g/mol. The molecule has 0 saturated carbocycles. The predicted molar refractivity (Wildman–Crippen MR) is 54.9 cm³/mol. The first-order valence-corrected chi connectivity index (χ1v) is 5.23. The molecule has 3 nitrogen and oxygen atoms in total. The van der Waals surface area contributed by atoms with Gasteiger partial charge < -0.3 is 4.74 Å². The van der Waals surface area contributed by atoms with Crippen molar-refractivity contribution >= 4 is 11.8 Å². The molecule has 3 heteroatoms. The lowest BCUT2D eigenvalue weighted by atomic mass is 9.77. The minimum Gasteiger partial charge on any atom is -0.465 e. The molecule has 0 amide bonds. The molecule has 0 heterocycles. The third-order valence-electron chi connectivity index (χ3n) is 2.62. The van der Waals surface area contributed by atoms with E-state index in [0.717, 1.165) is 6.42 Å². The zero-order valence-corrected chi connectivity index (χ0v) is 9.55. The summed E-state index contributed by atoms with van der Waals surface area (Å²) in [6.07, 6.45) is 1.92. The van der Waals surface area contributed by atoms with Crippen LogP contribution in [0.15, 0.2) is 0 Å². The SMILES string of the molecule is CCCC(CC)(C(C)=O)C(=O)OCC. The van der Waals surface area contributed by atoms with Crippen LogP contribution in [0.3, 0.4) is 0 Å². The molecule has 0 saturated heterocycles. The number of carbonyl (C=O) groups excluding carboxylic acids is 2. The van der Waals surface area contributed by atoms with Gasteiger partial charge in [0.15, 0.2) is 0 Å². The zero-order chi connectivity index (χ0) is 11.2. The number of hydrogen-bond donors (Lipinski definition) is 0. The van der Waals surface area contributed by atoms with Gasteiger partial charge in [-0.05, 0) is 26.7 Å². The molecule has 0 spiro atoms. The summed E-state index contributed by atoms with van der Waals surface area (Å²) in [7, 11) is 0. The van der Waals surface area contributed by atoms with Crippen LogP contribution in [0.25, 0.3) is 0 Å². The van der Waals surface area contributed by atoms with Gasteiger partial charge in [0.05, 0.1) is 6.61 Å². The van der Waals surface area contributed by atoms with Crippen LogP contribution in [0.5, 0.6) is 0 Å². The molecule has 0 aromatic carbocycles. The highest BCUT2D eigenvalue weighted by molar-refractivity contribution is 6.02. The Bertz CT molecular complexity index is 211. The standard InChI is InChI=1S/C11H20O3/c1-5-8-11(6-2,9(4)12)10(13)14-7-3/h5-8H2,1-4H3. The van der Waals surface area contributed by atoms with Crippen LogP contribution < -0.4 is 0 Å². The highest BCUT2D eigenvalue weighted by atomic mass is 16.5. The number of esters is 1. The van der Waals surface area contributed by atoms with Crippen molar-refractivity contribution in [3.05, 3.63) is 0 Å². The van der Waals surface area contributed by atoms with Gasteiger partial charge in [0.25, 0.3) is 0 Å². The average molecular weight is 200 g/mol. The van der Waals surface area contributed by atoms with Crippen molar-refractivity contribution in [2.45, 2.75) is 47.0 Å². The smallest absolute Gasteiger partial charge is 0.319 e. The number of hydrogen-bond acceptors (Lipinski definition) is 3. The lowest BCUT2D eigenvalue weighted by molar-refractivity contribution is -0.160. The number of Topliss-reactive ketones (excluding diaryl/α,β-unsaturated/α-hetero) is 1. The minimum absolute atomic E-state index is 0.0831. The van der Waals surface area contributed by atoms with Gasteiger partial charge in [-0.1, -0.05) is 20.3 Å². The van der Waals surface area contributed by atoms with Gasteiger partial charge in [-0.25, -0.2) is 0 Å². The van der Waals surface area contributed by atoms with Crippen molar-refractivity contribution in [3.8, 4) is 0 Å². The Balaban J connectivity index is 4.82. The Labute approximate surface area is 85.8 Å². The topological polar surface area (TPSA) is 43.4 Å². The molecule has 0 aliphatic heterocycles. The summed E-state index contributed by atoms with van der Waals surface area (Å²) < 4.78 is 4.95. The maximum absolute atomic E-state index is 11.7. The maximum atomic E-state index is 11.7. The zero-order valence-electron chi connectivity index (χ0n) is 9.55. The summed E-state index contributed by atoms with van der Waals surface area (Å²) in [6.45, 7) is 7.37. The first-order chi connectivity index (χ1) is 6.55. The summed E-state index contributed by atoms with van der Waals surface area (Å²) in [4.78, 5) is 23.2. The van der Waals surface area contributed by atoms with E-state index < -0.39 is 5.41 Å². The van der Waals surface area contributed by atoms with Crippen molar-refractivity contribution in [1.82, 2.24) is 0 Å². The molecule has 0 aromatic rings. The summed E-state index contributed by atoms with van der Waals surface area (Å²) in [5.74, 6) is -0.447. The molecule has 0 radical (unpaired) electrons. The molecular weight excluding hydrogens is 180 g/mol. The van der Waals surface area contributed by atoms with Gasteiger partial charge >= 0.3 is 5.97 Å².